The van der Waals surface area contributed by atoms with Gasteiger partial charge < -0.3 is 0 Å². The number of hydrogen-bond donors (Lipinski definition) is 0. The second-order valence-corrected chi connectivity index (χ2v) is 10.2. The summed E-state index contributed by atoms with van der Waals surface area (Å²) in [6.45, 7) is 0. The lowest BCUT2D eigenvalue weighted by atomic mass is 10.1. The standard InChI is InChI=1S/C16H10S.C16H12S/c1-2-6-12-11(5-1)9-10-14-13-7-3-4-8-15(13)17-16(12)14;1-2-6-13(7-3-1)10-11-14-12-17-16-9-5-4-8-15(14)16/h1-10H;1-12H/b;11-10+. The number of thiophene rings is 2. The topological polar surface area (TPSA) is 0 Å². The molecule has 0 aliphatic heterocycles. The van der Waals surface area contributed by atoms with E-state index in [9.17, 15) is 0 Å². The van der Waals surface area contributed by atoms with Gasteiger partial charge in [-0.15, -0.1) is 22.7 Å². The molecule has 7 rings (SSSR count). The van der Waals surface area contributed by atoms with E-state index >= 15 is 0 Å². The Bertz CT molecular complexity index is 1750. The molecule has 0 amide bonds. The molecule has 162 valence electrons. The summed E-state index contributed by atoms with van der Waals surface area (Å²) >= 11 is 3.69. The van der Waals surface area contributed by atoms with Crippen LogP contribution in [-0.2, 0) is 0 Å². The first-order chi connectivity index (χ1) is 16.9. The van der Waals surface area contributed by atoms with Gasteiger partial charge in [0.1, 0.15) is 0 Å². The van der Waals surface area contributed by atoms with Crippen LogP contribution in [0.4, 0.5) is 0 Å². The summed E-state index contributed by atoms with van der Waals surface area (Å²) in [5.74, 6) is 0. The molecule has 0 nitrogen and oxygen atoms in total. The maximum absolute atomic E-state index is 2.25. The average molecular weight is 471 g/mol. The first kappa shape index (κ1) is 20.9. The van der Waals surface area contributed by atoms with Gasteiger partial charge in [-0.3, -0.25) is 0 Å². The highest BCUT2D eigenvalue weighted by molar-refractivity contribution is 7.26. The molecule has 2 heterocycles. The van der Waals surface area contributed by atoms with Crippen molar-refractivity contribution in [2.24, 2.45) is 0 Å². The molecule has 0 N–H and O–H groups in total. The van der Waals surface area contributed by atoms with E-state index in [0.717, 1.165) is 0 Å². The van der Waals surface area contributed by atoms with Gasteiger partial charge in [-0.05, 0) is 44.8 Å². The van der Waals surface area contributed by atoms with Crippen LogP contribution < -0.4 is 0 Å². The van der Waals surface area contributed by atoms with Gasteiger partial charge in [0.25, 0.3) is 0 Å². The average Bonchev–Trinajstić information content (AvgIpc) is 3.50. The molecule has 2 heteroatoms. The summed E-state index contributed by atoms with van der Waals surface area (Å²) in [7, 11) is 0. The molecule has 7 aromatic rings. The van der Waals surface area contributed by atoms with Crippen molar-refractivity contribution in [3.63, 3.8) is 0 Å². The van der Waals surface area contributed by atoms with Crippen molar-refractivity contribution >= 4 is 75.9 Å². The van der Waals surface area contributed by atoms with Crippen molar-refractivity contribution in [3.05, 3.63) is 132 Å². The SMILES string of the molecule is C(=C\c1csc2ccccc12)/c1ccccc1.c1ccc2c(c1)ccc1c3ccccc3sc21. The van der Waals surface area contributed by atoms with Crippen LogP contribution in [0, 0.1) is 0 Å². The van der Waals surface area contributed by atoms with Gasteiger partial charge in [-0.1, -0.05) is 115 Å². The van der Waals surface area contributed by atoms with E-state index in [0.29, 0.717) is 0 Å². The molecule has 0 bridgehead atoms. The maximum Gasteiger partial charge on any atom is 0.0433 e. The zero-order chi connectivity index (χ0) is 22.7. The van der Waals surface area contributed by atoms with Crippen LogP contribution in [0.15, 0.2) is 121 Å². The van der Waals surface area contributed by atoms with E-state index in [1.54, 1.807) is 11.3 Å². The lowest BCUT2D eigenvalue weighted by Gasteiger charge is -1.98. The monoisotopic (exact) mass is 470 g/mol. The van der Waals surface area contributed by atoms with Crippen LogP contribution in [0.1, 0.15) is 11.1 Å². The maximum atomic E-state index is 2.25. The van der Waals surface area contributed by atoms with E-state index in [2.05, 4.69) is 127 Å². The highest BCUT2D eigenvalue weighted by Gasteiger charge is 2.06. The van der Waals surface area contributed by atoms with Crippen LogP contribution >= 0.6 is 22.7 Å². The quantitative estimate of drug-likeness (QED) is 0.236. The molecule has 0 saturated carbocycles. The van der Waals surface area contributed by atoms with Crippen LogP contribution in [-0.4, -0.2) is 0 Å². The summed E-state index contributed by atoms with van der Waals surface area (Å²) < 4.78 is 4.13. The van der Waals surface area contributed by atoms with E-state index in [1.165, 1.54) is 52.2 Å². The minimum Gasteiger partial charge on any atom is -0.143 e. The third-order valence-corrected chi connectivity index (χ3v) is 8.24. The van der Waals surface area contributed by atoms with Gasteiger partial charge in [0.15, 0.2) is 0 Å². The predicted molar refractivity (Wildman–Crippen MR) is 154 cm³/mol. The molecular formula is C32H22S2. The molecule has 0 aliphatic carbocycles. The predicted octanol–water partition coefficient (Wildman–Crippen LogP) is 10.3. The Hall–Kier alpha value is -3.72. The van der Waals surface area contributed by atoms with Gasteiger partial charge >= 0.3 is 0 Å². The Kier molecular flexibility index (Phi) is 5.68. The van der Waals surface area contributed by atoms with Crippen molar-refractivity contribution in [1.82, 2.24) is 0 Å². The molecule has 0 radical (unpaired) electrons. The minimum absolute atomic E-state index is 1.24. The second kappa shape index (κ2) is 9.26. The van der Waals surface area contributed by atoms with Crippen LogP contribution in [0.5, 0.6) is 0 Å². The van der Waals surface area contributed by atoms with Gasteiger partial charge in [-0.2, -0.15) is 0 Å². The van der Waals surface area contributed by atoms with Crippen molar-refractivity contribution < 1.29 is 0 Å². The Balaban J connectivity index is 0.000000128. The van der Waals surface area contributed by atoms with E-state index in [4.69, 9.17) is 0 Å². The Morgan fingerprint density at radius 3 is 2.00 bits per heavy atom. The third kappa shape index (κ3) is 4.03. The smallest absolute Gasteiger partial charge is 0.0433 e. The van der Waals surface area contributed by atoms with Gasteiger partial charge in [0, 0.05) is 24.9 Å². The summed E-state index contributed by atoms with van der Waals surface area (Å²) in [5.41, 5.74) is 2.54. The Morgan fingerprint density at radius 2 is 1.15 bits per heavy atom. The molecule has 0 fully saturated rings. The fraction of sp³-hybridized carbons (Fsp3) is 0. The molecule has 0 aliphatic rings. The second-order valence-electron chi connectivity index (χ2n) is 8.19. The van der Waals surface area contributed by atoms with Gasteiger partial charge in [0.2, 0.25) is 0 Å². The fourth-order valence-corrected chi connectivity index (χ4v) is 6.50. The molecule has 0 saturated heterocycles. The highest BCUT2D eigenvalue weighted by atomic mass is 32.1. The van der Waals surface area contributed by atoms with E-state index < -0.39 is 0 Å². The minimum atomic E-state index is 1.24. The van der Waals surface area contributed by atoms with Crippen LogP contribution in [0.3, 0.4) is 0 Å². The van der Waals surface area contributed by atoms with Gasteiger partial charge in [0.05, 0.1) is 0 Å². The Morgan fingerprint density at radius 1 is 0.471 bits per heavy atom. The first-order valence-electron chi connectivity index (χ1n) is 11.4. The van der Waals surface area contributed by atoms with Crippen LogP contribution in [0.2, 0.25) is 0 Å². The summed E-state index contributed by atoms with van der Waals surface area (Å²) in [6, 6.07) is 40.6. The molecule has 34 heavy (non-hydrogen) atoms. The number of hydrogen-bond acceptors (Lipinski definition) is 2. The van der Waals surface area contributed by atoms with Crippen molar-refractivity contribution in [2.75, 3.05) is 0 Å². The van der Waals surface area contributed by atoms with Crippen molar-refractivity contribution in [1.29, 1.82) is 0 Å². The summed E-state index contributed by atoms with van der Waals surface area (Å²) in [5, 5.41) is 8.99. The molecule has 5 aromatic carbocycles. The Labute approximate surface area is 207 Å². The third-order valence-electron chi connectivity index (χ3n) is 6.03. The zero-order valence-electron chi connectivity index (χ0n) is 18.5. The zero-order valence-corrected chi connectivity index (χ0v) is 20.2. The largest absolute Gasteiger partial charge is 0.143 e. The lowest BCUT2D eigenvalue weighted by molar-refractivity contribution is 1.67. The highest BCUT2D eigenvalue weighted by Crippen LogP contribution is 2.37. The molecule has 0 atom stereocenters. The summed E-state index contributed by atoms with van der Waals surface area (Å²) in [6.07, 6.45) is 4.35. The first-order valence-corrected chi connectivity index (χ1v) is 13.0. The summed E-state index contributed by atoms with van der Waals surface area (Å²) in [4.78, 5) is 0. The van der Waals surface area contributed by atoms with Crippen molar-refractivity contribution in [3.8, 4) is 0 Å². The molecule has 0 unspecified atom stereocenters. The number of rotatable bonds is 2. The number of fused-ring (bicyclic) bond motifs is 6. The van der Waals surface area contributed by atoms with E-state index in [-0.39, 0.29) is 0 Å². The molecule has 2 aromatic heterocycles. The fourth-order valence-electron chi connectivity index (χ4n) is 4.33. The van der Waals surface area contributed by atoms with E-state index in [1.807, 2.05) is 17.4 Å². The molecule has 0 spiro atoms. The lowest BCUT2D eigenvalue weighted by Crippen LogP contribution is -1.71. The van der Waals surface area contributed by atoms with Crippen LogP contribution in [0.25, 0.3) is 53.2 Å². The number of benzene rings is 5. The van der Waals surface area contributed by atoms with Crippen molar-refractivity contribution in [2.45, 2.75) is 0 Å². The molecular weight excluding hydrogens is 448 g/mol. The van der Waals surface area contributed by atoms with Gasteiger partial charge in [-0.25, -0.2) is 0 Å². The normalized spacial score (nSPS) is 11.4.